The molecule has 1 aliphatic heterocycles. The number of imidazole rings is 2. The minimum absolute atomic E-state index is 0.920. The Hall–Kier alpha value is -2.77. The third-order valence-corrected chi connectivity index (χ3v) is 10.9. The van der Waals surface area contributed by atoms with Crippen molar-refractivity contribution in [3.05, 3.63) is 66.7 Å². The van der Waals surface area contributed by atoms with E-state index in [-0.39, 0.29) is 0 Å². The predicted molar refractivity (Wildman–Crippen MR) is 182 cm³/mol. The molecule has 0 fully saturated rings. The van der Waals surface area contributed by atoms with Crippen LogP contribution in [0.5, 0.6) is 0 Å². The smallest absolute Gasteiger partial charge is 0.159 e. The van der Waals surface area contributed by atoms with E-state index >= 15 is 0 Å². The van der Waals surface area contributed by atoms with E-state index < -0.39 is 0 Å². The van der Waals surface area contributed by atoms with Gasteiger partial charge in [-0.1, -0.05) is 103 Å². The van der Waals surface area contributed by atoms with Crippen LogP contribution >= 0.6 is 21.6 Å². The molecule has 0 unspecified atom stereocenters. The van der Waals surface area contributed by atoms with Gasteiger partial charge in [-0.3, -0.25) is 0 Å². The van der Waals surface area contributed by atoms with Crippen molar-refractivity contribution in [2.24, 2.45) is 0 Å². The summed E-state index contributed by atoms with van der Waals surface area (Å²) in [6.07, 6.45) is 15.5. The number of nitrogens with zero attached hydrogens (tertiary/aromatic N) is 5. The van der Waals surface area contributed by atoms with Gasteiger partial charge in [-0.05, 0) is 62.1 Å². The molecule has 0 atom stereocenters. The standard InChI is InChI=1S/C35H43N5S2/c1-3-7-15-26-41-42-27-16-8-4-2-6-14-25-40-33-23-12-10-19-29(33)38-35(40)31-21-17-20-30(36-31)34-37-28-18-9-11-22-32(28)39(34)24-13-5-1/h9-12,17-23H,1-8,13-16,24-27H2. The SMILES string of the molecule is c1cc2nc(c1)-c1nc3ccccc3n1CCCCCCCCSSCCCCCCCCn1c-2nc2ccccc21. The van der Waals surface area contributed by atoms with E-state index in [0.29, 0.717) is 0 Å². The first kappa shape index (κ1) is 29.3. The molecule has 0 saturated heterocycles. The minimum atomic E-state index is 0.920. The second-order valence-corrected chi connectivity index (χ2v) is 14.1. The summed E-state index contributed by atoms with van der Waals surface area (Å²) in [4.78, 5) is 15.4. The number of rotatable bonds is 0. The van der Waals surface area contributed by atoms with Crippen molar-refractivity contribution in [3.63, 3.8) is 0 Å². The average molecular weight is 598 g/mol. The summed E-state index contributed by atoms with van der Waals surface area (Å²) in [6, 6.07) is 23.4. The third kappa shape index (κ3) is 7.23. The number of fused-ring (bicyclic) bond motifs is 10. The molecule has 220 valence electrons. The van der Waals surface area contributed by atoms with Crippen molar-refractivity contribution in [2.75, 3.05) is 11.5 Å². The lowest BCUT2D eigenvalue weighted by Crippen LogP contribution is -2.04. The second kappa shape index (κ2) is 15.1. The summed E-state index contributed by atoms with van der Waals surface area (Å²) in [5, 5.41) is 0. The lowest BCUT2D eigenvalue weighted by Gasteiger charge is -2.12. The van der Waals surface area contributed by atoms with Crippen LogP contribution in [0.4, 0.5) is 0 Å². The van der Waals surface area contributed by atoms with Gasteiger partial charge >= 0.3 is 0 Å². The molecule has 0 radical (unpaired) electrons. The van der Waals surface area contributed by atoms with Crippen molar-refractivity contribution < 1.29 is 0 Å². The van der Waals surface area contributed by atoms with E-state index in [1.165, 1.54) is 86.7 Å². The zero-order valence-electron chi connectivity index (χ0n) is 24.7. The quantitative estimate of drug-likeness (QED) is 0.166. The molecule has 0 spiro atoms. The summed E-state index contributed by atoms with van der Waals surface area (Å²) in [5.41, 5.74) is 6.30. The topological polar surface area (TPSA) is 48.5 Å². The van der Waals surface area contributed by atoms with E-state index in [1.54, 1.807) is 0 Å². The summed E-state index contributed by atoms with van der Waals surface area (Å²) >= 11 is 0. The Balaban J connectivity index is 1.30. The Morgan fingerprint density at radius 1 is 0.429 bits per heavy atom. The van der Waals surface area contributed by atoms with E-state index in [2.05, 4.69) is 97.5 Å². The molecule has 2 bridgehead atoms. The van der Waals surface area contributed by atoms with Crippen LogP contribution in [0.3, 0.4) is 0 Å². The Labute approximate surface area is 258 Å². The van der Waals surface area contributed by atoms with E-state index in [0.717, 1.165) is 60.0 Å². The molecule has 0 aliphatic carbocycles. The van der Waals surface area contributed by atoms with Gasteiger partial charge < -0.3 is 9.13 Å². The van der Waals surface area contributed by atoms with Crippen LogP contribution < -0.4 is 0 Å². The summed E-state index contributed by atoms with van der Waals surface area (Å²) in [6.45, 7) is 1.93. The zero-order chi connectivity index (χ0) is 28.4. The molecule has 2 aromatic carbocycles. The van der Waals surface area contributed by atoms with Crippen molar-refractivity contribution in [1.29, 1.82) is 0 Å². The lowest BCUT2D eigenvalue weighted by molar-refractivity contribution is 0.566. The molecule has 0 N–H and O–H groups in total. The maximum Gasteiger partial charge on any atom is 0.159 e. The summed E-state index contributed by atoms with van der Waals surface area (Å²) in [5.74, 6) is 4.51. The first-order valence-electron chi connectivity index (χ1n) is 16.0. The monoisotopic (exact) mass is 597 g/mol. The molecule has 1 aliphatic rings. The molecule has 4 heterocycles. The highest BCUT2D eigenvalue weighted by molar-refractivity contribution is 8.76. The molecule has 5 aromatic rings. The van der Waals surface area contributed by atoms with Crippen molar-refractivity contribution in [2.45, 2.75) is 90.1 Å². The van der Waals surface area contributed by atoms with Gasteiger partial charge in [0.1, 0.15) is 11.4 Å². The van der Waals surface area contributed by atoms with Crippen molar-refractivity contribution >= 4 is 43.7 Å². The maximum atomic E-state index is 5.22. The van der Waals surface area contributed by atoms with E-state index in [9.17, 15) is 0 Å². The molecule has 42 heavy (non-hydrogen) atoms. The van der Waals surface area contributed by atoms with Gasteiger partial charge in [-0.15, -0.1) is 0 Å². The average Bonchev–Trinajstić information content (AvgIpc) is 3.59. The fourth-order valence-electron chi connectivity index (χ4n) is 6.07. The summed E-state index contributed by atoms with van der Waals surface area (Å²) in [7, 11) is 4.17. The van der Waals surface area contributed by atoms with E-state index in [1.807, 2.05) is 0 Å². The van der Waals surface area contributed by atoms with Crippen LogP contribution in [0.15, 0.2) is 66.7 Å². The van der Waals surface area contributed by atoms with Crippen LogP contribution in [0.2, 0.25) is 0 Å². The van der Waals surface area contributed by atoms with Crippen molar-refractivity contribution in [1.82, 2.24) is 24.1 Å². The van der Waals surface area contributed by atoms with Crippen LogP contribution in [-0.4, -0.2) is 35.6 Å². The Bertz CT molecular complexity index is 1460. The van der Waals surface area contributed by atoms with Crippen LogP contribution in [-0.2, 0) is 13.1 Å². The predicted octanol–water partition coefficient (Wildman–Crippen LogP) is 10.2. The normalized spacial score (nSPS) is 17.2. The van der Waals surface area contributed by atoms with Gasteiger partial charge in [0.15, 0.2) is 11.6 Å². The molecule has 0 saturated carbocycles. The molecular weight excluding hydrogens is 555 g/mol. The van der Waals surface area contributed by atoms with Gasteiger partial charge in [0.05, 0.1) is 22.1 Å². The first-order chi connectivity index (χ1) is 20.9. The zero-order valence-corrected chi connectivity index (χ0v) is 26.4. The Morgan fingerprint density at radius 3 is 1.36 bits per heavy atom. The van der Waals surface area contributed by atoms with Gasteiger partial charge in [-0.25, -0.2) is 15.0 Å². The molecular formula is C35H43N5S2. The highest BCUT2D eigenvalue weighted by Gasteiger charge is 2.17. The minimum Gasteiger partial charge on any atom is -0.323 e. The highest BCUT2D eigenvalue weighted by atomic mass is 33.1. The van der Waals surface area contributed by atoms with Crippen molar-refractivity contribution in [3.8, 4) is 23.0 Å². The first-order valence-corrected chi connectivity index (χ1v) is 18.5. The number of benzene rings is 2. The number of pyridine rings is 1. The number of hydrogen-bond acceptors (Lipinski definition) is 5. The lowest BCUT2D eigenvalue weighted by atomic mass is 10.1. The van der Waals surface area contributed by atoms with Gasteiger partial charge in [0, 0.05) is 24.6 Å². The molecule has 3 aromatic heterocycles. The second-order valence-electron chi connectivity index (χ2n) is 11.4. The molecule has 7 heteroatoms. The third-order valence-electron chi connectivity index (χ3n) is 8.32. The Morgan fingerprint density at radius 2 is 0.857 bits per heavy atom. The van der Waals surface area contributed by atoms with Crippen LogP contribution in [0, 0.1) is 0 Å². The number of hydrogen-bond donors (Lipinski definition) is 0. The molecule has 0 amide bonds. The fraction of sp³-hybridized carbons (Fsp3) is 0.457. The van der Waals surface area contributed by atoms with Gasteiger partial charge in [0.2, 0.25) is 0 Å². The Kier molecular flexibility index (Phi) is 10.5. The van der Waals surface area contributed by atoms with Gasteiger partial charge in [0.25, 0.3) is 0 Å². The van der Waals surface area contributed by atoms with E-state index in [4.69, 9.17) is 15.0 Å². The number of aryl methyl sites for hydroxylation is 2. The van der Waals surface area contributed by atoms with Gasteiger partial charge in [-0.2, -0.15) is 0 Å². The fourth-order valence-corrected chi connectivity index (χ4v) is 8.37. The van der Waals surface area contributed by atoms with Crippen LogP contribution in [0.1, 0.15) is 77.0 Å². The molecule has 6 rings (SSSR count). The number of aromatic nitrogens is 5. The highest BCUT2D eigenvalue weighted by Crippen LogP contribution is 2.29. The number of para-hydroxylation sites is 4. The van der Waals surface area contributed by atoms with Crippen LogP contribution in [0.25, 0.3) is 45.1 Å². The maximum absolute atomic E-state index is 5.22. The largest absolute Gasteiger partial charge is 0.323 e. The summed E-state index contributed by atoms with van der Waals surface area (Å²) < 4.78 is 4.78. The molecule has 5 nitrogen and oxygen atoms in total.